The summed E-state index contributed by atoms with van der Waals surface area (Å²) in [5.74, 6) is 4.27. The van der Waals surface area contributed by atoms with Gasteiger partial charge in [0.05, 0.1) is 0 Å². The van der Waals surface area contributed by atoms with E-state index in [1.165, 1.54) is 38.5 Å². The second-order valence-corrected chi connectivity index (χ2v) is 7.29. The molecule has 2 aliphatic carbocycles. The molecule has 0 heterocycles. The highest BCUT2D eigenvalue weighted by atomic mass is 14.7. The Labute approximate surface area is 113 Å². The van der Waals surface area contributed by atoms with Gasteiger partial charge in [-0.1, -0.05) is 20.8 Å². The molecule has 2 nitrogen and oxygen atoms in total. The van der Waals surface area contributed by atoms with Crippen molar-refractivity contribution < 1.29 is 0 Å². The highest BCUT2D eigenvalue weighted by molar-refractivity contribution is 4.89. The average Bonchev–Trinajstić information content (AvgIpc) is 2.28. The largest absolute Gasteiger partial charge is 0.328 e. The van der Waals surface area contributed by atoms with Gasteiger partial charge in [0.1, 0.15) is 0 Å². The van der Waals surface area contributed by atoms with Gasteiger partial charge in [-0.15, -0.1) is 0 Å². The molecule has 106 valence electrons. The van der Waals surface area contributed by atoms with Gasteiger partial charge in [0.15, 0.2) is 0 Å². The smallest absolute Gasteiger partial charge is 0.00415 e. The molecule has 2 heteroatoms. The molecule has 0 aliphatic heterocycles. The van der Waals surface area contributed by atoms with Crippen molar-refractivity contribution in [3.8, 4) is 0 Å². The Balaban J connectivity index is 1.96. The van der Waals surface area contributed by atoms with Crippen LogP contribution in [0.2, 0.25) is 0 Å². The molecule has 6 atom stereocenters. The first-order chi connectivity index (χ1) is 8.49. The topological polar surface area (TPSA) is 52.0 Å². The summed E-state index contributed by atoms with van der Waals surface area (Å²) in [6, 6.07) is 0.918. The molecule has 0 aromatic rings. The number of hydrogen-bond acceptors (Lipinski definition) is 2. The molecule has 0 saturated heterocycles. The Hall–Kier alpha value is -0.0800. The molecular weight excluding hydrogens is 220 g/mol. The SMILES string of the molecule is CC1CC(N)CCC1C(C)C1CCC(N)CC1C. The molecule has 2 aliphatic rings. The average molecular weight is 252 g/mol. The Bertz CT molecular complexity index is 240. The van der Waals surface area contributed by atoms with Crippen LogP contribution >= 0.6 is 0 Å². The summed E-state index contributed by atoms with van der Waals surface area (Å²) in [5.41, 5.74) is 12.2. The standard InChI is InChI=1S/C16H32N2/c1-10-8-13(17)4-6-15(10)12(3)16-7-5-14(18)9-11(16)2/h10-16H,4-9,17-18H2,1-3H3. The normalized spacial score (nSPS) is 47.8. The molecule has 6 unspecified atom stereocenters. The Kier molecular flexibility index (Phi) is 4.71. The molecule has 2 fully saturated rings. The van der Waals surface area contributed by atoms with Crippen LogP contribution in [0, 0.1) is 29.6 Å². The van der Waals surface area contributed by atoms with Gasteiger partial charge in [-0.25, -0.2) is 0 Å². The van der Waals surface area contributed by atoms with Crippen LogP contribution < -0.4 is 11.5 Å². The molecule has 0 aromatic heterocycles. The summed E-state index contributed by atoms with van der Waals surface area (Å²) in [7, 11) is 0. The van der Waals surface area contributed by atoms with E-state index >= 15 is 0 Å². The van der Waals surface area contributed by atoms with E-state index in [0.717, 1.165) is 29.6 Å². The van der Waals surface area contributed by atoms with Gasteiger partial charge in [0.2, 0.25) is 0 Å². The Morgan fingerprint density at radius 1 is 0.778 bits per heavy atom. The van der Waals surface area contributed by atoms with Crippen molar-refractivity contribution in [3.05, 3.63) is 0 Å². The molecule has 0 bridgehead atoms. The van der Waals surface area contributed by atoms with Gasteiger partial charge in [-0.05, 0) is 68.1 Å². The summed E-state index contributed by atoms with van der Waals surface area (Å²) < 4.78 is 0. The van der Waals surface area contributed by atoms with Crippen LogP contribution in [0.4, 0.5) is 0 Å². The minimum absolute atomic E-state index is 0.459. The van der Waals surface area contributed by atoms with Gasteiger partial charge in [-0.3, -0.25) is 0 Å². The summed E-state index contributed by atoms with van der Waals surface area (Å²) in [5, 5.41) is 0. The van der Waals surface area contributed by atoms with Crippen LogP contribution in [0.5, 0.6) is 0 Å². The number of hydrogen-bond donors (Lipinski definition) is 2. The molecule has 0 amide bonds. The molecule has 2 rings (SSSR count). The predicted octanol–water partition coefficient (Wildman–Crippen LogP) is 3.15. The van der Waals surface area contributed by atoms with Crippen molar-refractivity contribution in [2.24, 2.45) is 41.1 Å². The molecule has 4 N–H and O–H groups in total. The van der Waals surface area contributed by atoms with Gasteiger partial charge >= 0.3 is 0 Å². The second-order valence-electron chi connectivity index (χ2n) is 7.29. The molecule has 2 saturated carbocycles. The maximum atomic E-state index is 6.09. The van der Waals surface area contributed by atoms with Crippen LogP contribution in [0.25, 0.3) is 0 Å². The first-order valence-electron chi connectivity index (χ1n) is 8.00. The lowest BCUT2D eigenvalue weighted by Crippen LogP contribution is -2.41. The lowest BCUT2D eigenvalue weighted by molar-refractivity contribution is 0.0743. The third-order valence-corrected chi connectivity index (χ3v) is 5.90. The van der Waals surface area contributed by atoms with Gasteiger partial charge in [0.25, 0.3) is 0 Å². The predicted molar refractivity (Wildman–Crippen MR) is 78.1 cm³/mol. The Morgan fingerprint density at radius 2 is 1.17 bits per heavy atom. The van der Waals surface area contributed by atoms with E-state index in [-0.39, 0.29) is 0 Å². The van der Waals surface area contributed by atoms with E-state index in [1.54, 1.807) is 0 Å². The summed E-state index contributed by atoms with van der Waals surface area (Å²) in [6.45, 7) is 7.33. The highest BCUT2D eigenvalue weighted by Gasteiger charge is 2.37. The third kappa shape index (κ3) is 3.08. The monoisotopic (exact) mass is 252 g/mol. The van der Waals surface area contributed by atoms with E-state index in [1.807, 2.05) is 0 Å². The van der Waals surface area contributed by atoms with Gasteiger partial charge < -0.3 is 11.5 Å². The van der Waals surface area contributed by atoms with Gasteiger partial charge in [0, 0.05) is 12.1 Å². The zero-order chi connectivity index (χ0) is 13.3. The van der Waals surface area contributed by atoms with Crippen molar-refractivity contribution in [1.29, 1.82) is 0 Å². The first-order valence-corrected chi connectivity index (χ1v) is 8.00. The van der Waals surface area contributed by atoms with E-state index in [2.05, 4.69) is 20.8 Å². The maximum absolute atomic E-state index is 6.09. The minimum atomic E-state index is 0.459. The maximum Gasteiger partial charge on any atom is 0.00415 e. The summed E-state index contributed by atoms with van der Waals surface area (Å²) >= 11 is 0. The number of nitrogens with two attached hydrogens (primary N) is 2. The molecule has 0 radical (unpaired) electrons. The highest BCUT2D eigenvalue weighted by Crippen LogP contribution is 2.43. The van der Waals surface area contributed by atoms with Crippen LogP contribution in [0.15, 0.2) is 0 Å². The van der Waals surface area contributed by atoms with Crippen molar-refractivity contribution in [2.45, 2.75) is 71.4 Å². The lowest BCUT2D eigenvalue weighted by atomic mass is 9.63. The summed E-state index contributed by atoms with van der Waals surface area (Å²) in [4.78, 5) is 0. The van der Waals surface area contributed by atoms with Crippen molar-refractivity contribution in [1.82, 2.24) is 0 Å². The zero-order valence-corrected chi connectivity index (χ0v) is 12.4. The third-order valence-electron chi connectivity index (χ3n) is 5.90. The second kappa shape index (κ2) is 5.92. The van der Waals surface area contributed by atoms with Crippen LogP contribution in [0.3, 0.4) is 0 Å². The van der Waals surface area contributed by atoms with Crippen LogP contribution in [0.1, 0.15) is 59.3 Å². The van der Waals surface area contributed by atoms with Crippen molar-refractivity contribution >= 4 is 0 Å². The zero-order valence-electron chi connectivity index (χ0n) is 12.4. The quantitative estimate of drug-likeness (QED) is 0.793. The van der Waals surface area contributed by atoms with Gasteiger partial charge in [-0.2, -0.15) is 0 Å². The molecular formula is C16H32N2. The fourth-order valence-corrected chi connectivity index (χ4v) is 4.80. The van der Waals surface area contributed by atoms with E-state index < -0.39 is 0 Å². The van der Waals surface area contributed by atoms with Crippen molar-refractivity contribution in [3.63, 3.8) is 0 Å². The lowest BCUT2D eigenvalue weighted by Gasteiger charge is -2.44. The molecule has 0 aromatic carbocycles. The molecule has 18 heavy (non-hydrogen) atoms. The van der Waals surface area contributed by atoms with Crippen LogP contribution in [-0.2, 0) is 0 Å². The Morgan fingerprint density at radius 3 is 1.50 bits per heavy atom. The fraction of sp³-hybridized carbons (Fsp3) is 1.00. The van der Waals surface area contributed by atoms with Crippen LogP contribution in [-0.4, -0.2) is 12.1 Å². The van der Waals surface area contributed by atoms with Crippen molar-refractivity contribution in [2.75, 3.05) is 0 Å². The van der Waals surface area contributed by atoms with E-state index in [4.69, 9.17) is 11.5 Å². The van der Waals surface area contributed by atoms with E-state index in [9.17, 15) is 0 Å². The minimum Gasteiger partial charge on any atom is -0.328 e. The van der Waals surface area contributed by atoms with E-state index in [0.29, 0.717) is 12.1 Å². The first kappa shape index (κ1) is 14.3. The summed E-state index contributed by atoms with van der Waals surface area (Å²) in [6.07, 6.45) is 7.63. The number of rotatable bonds is 2. The molecule has 0 spiro atoms. The fourth-order valence-electron chi connectivity index (χ4n) is 4.80.